The molecule has 2 aliphatic rings. The highest BCUT2D eigenvalue weighted by molar-refractivity contribution is 9.10. The van der Waals surface area contributed by atoms with Gasteiger partial charge >= 0.3 is 10.1 Å². The lowest BCUT2D eigenvalue weighted by atomic mass is 10.2. The lowest BCUT2D eigenvalue weighted by Crippen LogP contribution is -2.40. The van der Waals surface area contributed by atoms with Crippen molar-refractivity contribution in [3.05, 3.63) is 57.4 Å². The van der Waals surface area contributed by atoms with Crippen molar-refractivity contribution in [2.24, 2.45) is 0 Å². The number of amides is 3. The summed E-state index contributed by atoms with van der Waals surface area (Å²) in [5.41, 5.74) is 0.478. The summed E-state index contributed by atoms with van der Waals surface area (Å²) in [6.45, 7) is 2.94. The first-order chi connectivity index (χ1) is 17.2. The zero-order valence-corrected chi connectivity index (χ0v) is 22.5. The molecule has 2 saturated heterocycles. The summed E-state index contributed by atoms with van der Waals surface area (Å²) in [5.74, 6) is -0.708. The summed E-state index contributed by atoms with van der Waals surface area (Å²) < 4.78 is 36.8. The van der Waals surface area contributed by atoms with Crippen molar-refractivity contribution >= 4 is 60.9 Å². The van der Waals surface area contributed by atoms with Crippen LogP contribution in [0, 0.1) is 0 Å². The van der Waals surface area contributed by atoms with Crippen molar-refractivity contribution in [3.63, 3.8) is 0 Å². The van der Waals surface area contributed by atoms with Crippen LogP contribution in [0.2, 0.25) is 0 Å². The number of benzene rings is 2. The molecule has 2 aromatic carbocycles. The van der Waals surface area contributed by atoms with Crippen LogP contribution in [0.4, 0.5) is 4.79 Å². The molecule has 0 saturated carbocycles. The van der Waals surface area contributed by atoms with Crippen LogP contribution < -0.4 is 8.92 Å². The predicted molar refractivity (Wildman–Crippen MR) is 138 cm³/mol. The van der Waals surface area contributed by atoms with E-state index >= 15 is 0 Å². The maximum Gasteiger partial charge on any atom is 0.339 e. The molecule has 2 aromatic rings. The van der Waals surface area contributed by atoms with Crippen molar-refractivity contribution in [1.29, 1.82) is 0 Å². The topological polar surface area (TPSA) is 110 Å². The summed E-state index contributed by atoms with van der Waals surface area (Å²) in [6.07, 6.45) is 3.32. The minimum absolute atomic E-state index is 0.0134. The maximum atomic E-state index is 12.9. The summed E-state index contributed by atoms with van der Waals surface area (Å²) in [7, 11) is -4.12. The van der Waals surface area contributed by atoms with E-state index in [1.807, 2.05) is 0 Å². The SMILES string of the molecule is CCOc1cc(/C=C2\SC(=O)N(CC(=O)N3CCCC3)C2=O)cc(Br)c1OS(=O)(=O)c1ccccc1. The van der Waals surface area contributed by atoms with Crippen LogP contribution in [0.5, 0.6) is 11.5 Å². The zero-order valence-electron chi connectivity index (χ0n) is 19.3. The lowest BCUT2D eigenvalue weighted by Gasteiger charge is -2.18. The second kappa shape index (κ2) is 11.1. The Hall–Kier alpha value is -2.83. The molecule has 0 N–H and O–H groups in total. The highest BCUT2D eigenvalue weighted by Crippen LogP contribution is 2.40. The predicted octanol–water partition coefficient (Wildman–Crippen LogP) is 4.27. The smallest absolute Gasteiger partial charge is 0.339 e. The molecule has 0 atom stereocenters. The Morgan fingerprint density at radius 3 is 2.50 bits per heavy atom. The van der Waals surface area contributed by atoms with Crippen molar-refractivity contribution in [3.8, 4) is 11.5 Å². The van der Waals surface area contributed by atoms with Crippen molar-refractivity contribution in [2.75, 3.05) is 26.2 Å². The minimum atomic E-state index is -4.12. The van der Waals surface area contributed by atoms with Gasteiger partial charge in [0.2, 0.25) is 5.91 Å². The van der Waals surface area contributed by atoms with Crippen molar-refractivity contribution in [1.82, 2.24) is 9.80 Å². The number of likely N-dealkylation sites (tertiary alicyclic amines) is 1. The number of nitrogens with zero attached hydrogens (tertiary/aromatic N) is 2. The molecule has 12 heteroatoms. The number of hydrogen-bond acceptors (Lipinski definition) is 8. The van der Waals surface area contributed by atoms with Crippen LogP contribution in [0.3, 0.4) is 0 Å². The fraction of sp³-hybridized carbons (Fsp3) is 0.292. The van der Waals surface area contributed by atoms with Crippen LogP contribution in [0.25, 0.3) is 6.08 Å². The van der Waals surface area contributed by atoms with Crippen LogP contribution in [-0.4, -0.2) is 61.5 Å². The van der Waals surface area contributed by atoms with Gasteiger partial charge in [0.15, 0.2) is 11.5 Å². The quantitative estimate of drug-likeness (QED) is 0.329. The monoisotopic (exact) mass is 594 g/mol. The van der Waals surface area contributed by atoms with E-state index in [4.69, 9.17) is 8.92 Å². The van der Waals surface area contributed by atoms with Crippen LogP contribution in [0.1, 0.15) is 25.3 Å². The molecular formula is C24H23BrN2O7S2. The van der Waals surface area contributed by atoms with E-state index in [0.29, 0.717) is 18.7 Å². The van der Waals surface area contributed by atoms with E-state index in [-0.39, 0.29) is 44.8 Å². The number of thioether (sulfide) groups is 1. The Morgan fingerprint density at radius 2 is 1.83 bits per heavy atom. The molecule has 0 unspecified atom stereocenters. The largest absolute Gasteiger partial charge is 0.490 e. The molecule has 4 rings (SSSR count). The van der Waals surface area contributed by atoms with E-state index in [2.05, 4.69) is 15.9 Å². The number of halogens is 1. The van der Waals surface area contributed by atoms with Gasteiger partial charge in [-0.3, -0.25) is 19.3 Å². The number of ether oxygens (including phenoxy) is 1. The average Bonchev–Trinajstić information content (AvgIpc) is 3.47. The third kappa shape index (κ3) is 5.76. The molecule has 2 fully saturated rings. The Kier molecular flexibility index (Phi) is 8.06. The first-order valence-electron chi connectivity index (χ1n) is 11.2. The van der Waals surface area contributed by atoms with Gasteiger partial charge < -0.3 is 13.8 Å². The van der Waals surface area contributed by atoms with E-state index in [1.54, 1.807) is 36.1 Å². The van der Waals surface area contributed by atoms with E-state index < -0.39 is 21.3 Å². The van der Waals surface area contributed by atoms with Gasteiger partial charge in [0.1, 0.15) is 11.4 Å². The molecule has 0 radical (unpaired) electrons. The second-order valence-corrected chi connectivity index (χ2v) is 11.4. The number of carbonyl (C=O) groups excluding carboxylic acids is 3. The summed E-state index contributed by atoms with van der Waals surface area (Å²) in [6, 6.07) is 10.8. The minimum Gasteiger partial charge on any atom is -0.490 e. The van der Waals surface area contributed by atoms with Gasteiger partial charge in [-0.1, -0.05) is 18.2 Å². The molecule has 0 aromatic heterocycles. The Bertz CT molecular complexity index is 1320. The highest BCUT2D eigenvalue weighted by atomic mass is 79.9. The maximum absolute atomic E-state index is 12.9. The first-order valence-corrected chi connectivity index (χ1v) is 14.2. The van der Waals surface area contributed by atoms with Crippen LogP contribution >= 0.6 is 27.7 Å². The average molecular weight is 595 g/mol. The van der Waals surface area contributed by atoms with Crippen molar-refractivity contribution in [2.45, 2.75) is 24.7 Å². The van der Waals surface area contributed by atoms with E-state index in [1.165, 1.54) is 24.3 Å². The fourth-order valence-electron chi connectivity index (χ4n) is 3.75. The number of rotatable bonds is 8. The van der Waals surface area contributed by atoms with Gasteiger partial charge in [-0.05, 0) is 83.4 Å². The van der Waals surface area contributed by atoms with Gasteiger partial charge in [-0.2, -0.15) is 8.42 Å². The molecule has 3 amide bonds. The van der Waals surface area contributed by atoms with E-state index in [0.717, 1.165) is 29.5 Å². The zero-order chi connectivity index (χ0) is 25.9. The third-order valence-electron chi connectivity index (χ3n) is 5.48. The van der Waals surface area contributed by atoms with Gasteiger partial charge in [-0.15, -0.1) is 0 Å². The normalized spacial score (nSPS) is 17.2. The third-order valence-corrected chi connectivity index (χ3v) is 8.21. The molecule has 0 aliphatic carbocycles. The molecule has 9 nitrogen and oxygen atoms in total. The second-order valence-electron chi connectivity index (χ2n) is 7.97. The molecule has 190 valence electrons. The molecule has 36 heavy (non-hydrogen) atoms. The Morgan fingerprint density at radius 1 is 1.14 bits per heavy atom. The van der Waals surface area contributed by atoms with Crippen LogP contribution in [0.15, 0.2) is 56.7 Å². The summed E-state index contributed by atoms with van der Waals surface area (Å²) >= 11 is 4.08. The number of carbonyl (C=O) groups is 3. The van der Waals surface area contributed by atoms with Crippen LogP contribution in [-0.2, 0) is 19.7 Å². The summed E-state index contributed by atoms with van der Waals surface area (Å²) in [5, 5.41) is -0.517. The highest BCUT2D eigenvalue weighted by Gasteiger charge is 2.37. The Labute approximate surface area is 221 Å². The van der Waals surface area contributed by atoms with E-state index in [9.17, 15) is 22.8 Å². The van der Waals surface area contributed by atoms with Gasteiger partial charge in [0.25, 0.3) is 11.1 Å². The fourth-order valence-corrected chi connectivity index (χ4v) is 6.21. The standard InChI is InChI=1S/C24H23BrN2O7S2/c1-2-33-19-13-16(12-18(25)22(19)34-36(31,32)17-8-4-3-5-9-17)14-20-23(29)27(24(30)35-20)15-21(28)26-10-6-7-11-26/h3-5,8-9,12-14H,2,6-7,10-11,15H2,1H3/b20-14-. The van der Waals surface area contributed by atoms with Gasteiger partial charge in [0, 0.05) is 13.1 Å². The number of imide groups is 1. The first kappa shape index (κ1) is 26.2. The number of hydrogen-bond donors (Lipinski definition) is 0. The summed E-state index contributed by atoms with van der Waals surface area (Å²) in [4.78, 5) is 40.5. The van der Waals surface area contributed by atoms with Crippen molar-refractivity contribution < 1.29 is 31.7 Å². The van der Waals surface area contributed by atoms with Gasteiger partial charge in [0.05, 0.1) is 16.0 Å². The molecule has 2 heterocycles. The molecule has 0 bridgehead atoms. The lowest BCUT2D eigenvalue weighted by molar-refractivity contribution is -0.135. The molecule has 0 spiro atoms. The Balaban J connectivity index is 1.58. The van der Waals surface area contributed by atoms with Gasteiger partial charge in [-0.25, -0.2) is 0 Å². The molecule has 2 aliphatic heterocycles. The molecular weight excluding hydrogens is 572 g/mol.